The molecule has 0 bridgehead atoms. The fraction of sp³-hybridized carbons (Fsp3) is 0.143. The summed E-state index contributed by atoms with van der Waals surface area (Å²) >= 11 is 6.28. The number of furan rings is 1. The van der Waals surface area contributed by atoms with Gasteiger partial charge in [-0.25, -0.2) is 9.78 Å². The molecule has 0 saturated carbocycles. The molecule has 0 aliphatic rings. The lowest BCUT2D eigenvalue weighted by atomic mass is 10.2. The Hall–Kier alpha value is -5.23. The predicted molar refractivity (Wildman–Crippen MR) is 151 cm³/mol. The van der Waals surface area contributed by atoms with Crippen LogP contribution < -0.4 is 15.0 Å². The molecule has 0 saturated heterocycles. The summed E-state index contributed by atoms with van der Waals surface area (Å²) in [6.07, 6.45) is 1.22. The average Bonchev–Trinajstić information content (AvgIpc) is 3.40. The highest BCUT2D eigenvalue weighted by Gasteiger charge is 2.22. The molecule has 208 valence electrons. The van der Waals surface area contributed by atoms with Gasteiger partial charge in [-0.1, -0.05) is 29.8 Å². The van der Waals surface area contributed by atoms with E-state index in [1.165, 1.54) is 19.4 Å². The van der Waals surface area contributed by atoms with Crippen LogP contribution in [0.25, 0.3) is 33.5 Å². The summed E-state index contributed by atoms with van der Waals surface area (Å²) in [6, 6.07) is 16.2. The van der Waals surface area contributed by atoms with Crippen LogP contribution in [0.15, 0.2) is 75.0 Å². The van der Waals surface area contributed by atoms with Crippen LogP contribution in [0.2, 0.25) is 5.02 Å². The molecule has 0 N–H and O–H groups in total. The summed E-state index contributed by atoms with van der Waals surface area (Å²) < 4.78 is 22.5. The van der Waals surface area contributed by atoms with E-state index in [1.54, 1.807) is 55.5 Å². The zero-order chi connectivity index (χ0) is 29.1. The molecule has 41 heavy (non-hydrogen) atoms. The summed E-state index contributed by atoms with van der Waals surface area (Å²) in [5.41, 5.74) is 0.120. The fourth-order valence-corrected chi connectivity index (χ4v) is 4.40. The first-order valence-electron chi connectivity index (χ1n) is 12.2. The SMILES string of the molecule is CCOC(=O)COc1c(Cl)cc(C=Nn2c(-c3cc4c(OC)cccc4o3)nc3ccccc3c2=O)cc1[N+](=O)[O-]. The van der Waals surface area contributed by atoms with Crippen molar-refractivity contribution >= 4 is 51.3 Å². The first kappa shape index (κ1) is 27.3. The number of nitro groups is 1. The number of benzene rings is 3. The first-order chi connectivity index (χ1) is 19.8. The number of esters is 1. The van der Waals surface area contributed by atoms with Crippen molar-refractivity contribution in [1.82, 2.24) is 9.66 Å². The number of para-hydroxylation sites is 1. The third kappa shape index (κ3) is 5.45. The van der Waals surface area contributed by atoms with E-state index >= 15 is 0 Å². The summed E-state index contributed by atoms with van der Waals surface area (Å²) in [6.45, 7) is 1.18. The largest absolute Gasteiger partial charge is 0.496 e. The molecular weight excluding hydrogens is 556 g/mol. The molecule has 0 aliphatic heterocycles. The maximum atomic E-state index is 13.5. The van der Waals surface area contributed by atoms with Crippen LogP contribution in [0, 0.1) is 10.1 Å². The molecule has 5 aromatic rings. The van der Waals surface area contributed by atoms with Gasteiger partial charge in [0.15, 0.2) is 12.4 Å². The minimum atomic E-state index is -0.708. The second-order valence-electron chi connectivity index (χ2n) is 8.50. The van der Waals surface area contributed by atoms with Crippen LogP contribution in [0.4, 0.5) is 5.69 Å². The molecule has 0 spiro atoms. The van der Waals surface area contributed by atoms with E-state index in [2.05, 4.69) is 10.1 Å². The van der Waals surface area contributed by atoms with E-state index in [4.69, 9.17) is 30.2 Å². The second kappa shape index (κ2) is 11.5. The summed E-state index contributed by atoms with van der Waals surface area (Å²) in [7, 11) is 1.54. The number of carbonyl (C=O) groups excluding carboxylic acids is 1. The van der Waals surface area contributed by atoms with Gasteiger partial charge in [0.1, 0.15) is 11.3 Å². The highest BCUT2D eigenvalue weighted by atomic mass is 35.5. The Labute approximate surface area is 236 Å². The summed E-state index contributed by atoms with van der Waals surface area (Å²) in [5.74, 6) is -0.0944. The summed E-state index contributed by atoms with van der Waals surface area (Å²) in [4.78, 5) is 40.9. The molecule has 5 rings (SSSR count). The molecule has 3 aromatic carbocycles. The van der Waals surface area contributed by atoms with Crippen molar-refractivity contribution < 1.29 is 28.3 Å². The van der Waals surface area contributed by atoms with Gasteiger partial charge in [-0.3, -0.25) is 14.9 Å². The Kier molecular flexibility index (Phi) is 7.66. The van der Waals surface area contributed by atoms with E-state index in [1.807, 2.05) is 0 Å². The molecule has 2 heterocycles. The second-order valence-corrected chi connectivity index (χ2v) is 8.91. The minimum Gasteiger partial charge on any atom is -0.496 e. The monoisotopic (exact) mass is 576 g/mol. The highest BCUT2D eigenvalue weighted by Crippen LogP contribution is 2.36. The van der Waals surface area contributed by atoms with Crippen LogP contribution in [0.5, 0.6) is 11.5 Å². The van der Waals surface area contributed by atoms with Crippen molar-refractivity contribution in [3.8, 4) is 23.1 Å². The molecule has 0 amide bonds. The Morgan fingerprint density at radius 1 is 1.17 bits per heavy atom. The number of methoxy groups -OCH3 is 1. The summed E-state index contributed by atoms with van der Waals surface area (Å²) in [5, 5.41) is 16.9. The van der Waals surface area contributed by atoms with E-state index in [-0.39, 0.29) is 34.5 Å². The van der Waals surface area contributed by atoms with E-state index in [9.17, 15) is 19.7 Å². The molecule has 13 heteroatoms. The number of hydrogen-bond donors (Lipinski definition) is 0. The van der Waals surface area contributed by atoms with Gasteiger partial charge >= 0.3 is 11.7 Å². The molecular formula is C28H21ClN4O8. The van der Waals surface area contributed by atoms with E-state index < -0.39 is 28.7 Å². The lowest BCUT2D eigenvalue weighted by molar-refractivity contribution is -0.385. The van der Waals surface area contributed by atoms with Gasteiger partial charge in [-0.2, -0.15) is 9.78 Å². The highest BCUT2D eigenvalue weighted by molar-refractivity contribution is 6.32. The number of fused-ring (bicyclic) bond motifs is 2. The Bertz CT molecular complexity index is 1900. The topological polar surface area (TPSA) is 148 Å². The zero-order valence-electron chi connectivity index (χ0n) is 21.7. The predicted octanol–water partition coefficient (Wildman–Crippen LogP) is 5.20. The Morgan fingerprint density at radius 3 is 2.73 bits per heavy atom. The van der Waals surface area contributed by atoms with Gasteiger partial charge in [0, 0.05) is 11.6 Å². The number of nitrogens with zero attached hydrogens (tertiary/aromatic N) is 4. The van der Waals surface area contributed by atoms with Crippen LogP contribution in [-0.4, -0.2) is 47.1 Å². The van der Waals surface area contributed by atoms with Gasteiger partial charge < -0.3 is 18.6 Å². The van der Waals surface area contributed by atoms with Crippen molar-refractivity contribution in [3.05, 3.63) is 91.7 Å². The van der Waals surface area contributed by atoms with Gasteiger partial charge in [-0.15, -0.1) is 0 Å². The number of carbonyl (C=O) groups is 1. The zero-order valence-corrected chi connectivity index (χ0v) is 22.5. The average molecular weight is 577 g/mol. The maximum absolute atomic E-state index is 13.5. The molecule has 0 atom stereocenters. The maximum Gasteiger partial charge on any atom is 0.344 e. The molecule has 0 radical (unpaired) electrons. The van der Waals surface area contributed by atoms with Gasteiger partial charge in [0.2, 0.25) is 11.6 Å². The molecule has 2 aromatic heterocycles. The van der Waals surface area contributed by atoms with Crippen LogP contribution in [-0.2, 0) is 9.53 Å². The number of rotatable bonds is 9. The number of aromatic nitrogens is 2. The van der Waals surface area contributed by atoms with Crippen molar-refractivity contribution in [3.63, 3.8) is 0 Å². The third-order valence-electron chi connectivity index (χ3n) is 5.92. The van der Waals surface area contributed by atoms with E-state index in [0.29, 0.717) is 27.6 Å². The normalized spacial score (nSPS) is 11.3. The Balaban J connectivity index is 1.61. The Morgan fingerprint density at radius 2 is 1.98 bits per heavy atom. The van der Waals surface area contributed by atoms with Crippen LogP contribution in [0.3, 0.4) is 0 Å². The quantitative estimate of drug-likeness (QED) is 0.0998. The molecule has 0 unspecified atom stereocenters. The van der Waals surface area contributed by atoms with Crippen molar-refractivity contribution in [2.24, 2.45) is 5.10 Å². The molecule has 0 fully saturated rings. The van der Waals surface area contributed by atoms with Crippen molar-refractivity contribution in [2.45, 2.75) is 6.92 Å². The smallest absolute Gasteiger partial charge is 0.344 e. The lowest BCUT2D eigenvalue weighted by Crippen LogP contribution is -2.20. The first-order valence-corrected chi connectivity index (χ1v) is 12.6. The molecule has 12 nitrogen and oxygen atoms in total. The van der Waals surface area contributed by atoms with Crippen LogP contribution >= 0.6 is 11.6 Å². The van der Waals surface area contributed by atoms with E-state index in [0.717, 1.165) is 10.7 Å². The lowest BCUT2D eigenvalue weighted by Gasteiger charge is -2.09. The third-order valence-corrected chi connectivity index (χ3v) is 6.20. The number of nitro benzene ring substituents is 1. The fourth-order valence-electron chi connectivity index (χ4n) is 4.12. The minimum absolute atomic E-state index is 0.0955. The van der Waals surface area contributed by atoms with Crippen molar-refractivity contribution in [1.29, 1.82) is 0 Å². The van der Waals surface area contributed by atoms with Crippen LogP contribution in [0.1, 0.15) is 12.5 Å². The van der Waals surface area contributed by atoms with Crippen molar-refractivity contribution in [2.75, 3.05) is 20.3 Å². The van der Waals surface area contributed by atoms with Gasteiger partial charge in [-0.05, 0) is 43.3 Å². The number of hydrogen-bond acceptors (Lipinski definition) is 10. The van der Waals surface area contributed by atoms with Gasteiger partial charge in [0.05, 0.1) is 46.2 Å². The number of halogens is 1. The molecule has 0 aliphatic carbocycles. The standard InChI is InChI=1S/C28H21ClN4O8/c1-3-39-25(34)15-40-26-19(29)11-16(12-21(26)33(36)37)14-30-32-27(31-20-8-5-4-7-17(20)28(32)35)24-13-18-22(38-2)9-6-10-23(18)41-24/h4-14H,3,15H2,1-2H3. The number of ether oxygens (including phenoxy) is 3. The van der Waals surface area contributed by atoms with Gasteiger partial charge in [0.25, 0.3) is 5.56 Å².